The molecule has 1 aliphatic heterocycles. The second-order valence-electron chi connectivity index (χ2n) is 4.26. The summed E-state index contributed by atoms with van der Waals surface area (Å²) in [6, 6.07) is 0. The Morgan fingerprint density at radius 1 is 1.50 bits per heavy atom. The highest BCUT2D eigenvalue weighted by molar-refractivity contribution is 5.87. The number of carbonyl (C=O) groups is 1. The molecule has 2 nitrogen and oxygen atoms in total. The standard InChI is InChI=1S/C12H21NO/c1-4-10(3)8-11(14)12(5-2)6-7-13-9-12/h13H,3-9H2,1-2H3. The van der Waals surface area contributed by atoms with Crippen LogP contribution in [0.5, 0.6) is 0 Å². The third kappa shape index (κ3) is 2.24. The van der Waals surface area contributed by atoms with E-state index in [-0.39, 0.29) is 5.41 Å². The molecule has 1 fully saturated rings. The van der Waals surface area contributed by atoms with Crippen molar-refractivity contribution in [3.05, 3.63) is 12.2 Å². The highest BCUT2D eigenvalue weighted by Crippen LogP contribution is 2.32. The highest BCUT2D eigenvalue weighted by Gasteiger charge is 2.38. The number of rotatable bonds is 5. The Morgan fingerprint density at radius 2 is 2.21 bits per heavy atom. The van der Waals surface area contributed by atoms with Gasteiger partial charge in [-0.25, -0.2) is 0 Å². The van der Waals surface area contributed by atoms with Gasteiger partial charge in [-0.15, -0.1) is 0 Å². The lowest BCUT2D eigenvalue weighted by Gasteiger charge is -2.25. The van der Waals surface area contributed by atoms with Crippen molar-refractivity contribution in [2.75, 3.05) is 13.1 Å². The van der Waals surface area contributed by atoms with Crippen LogP contribution in [-0.4, -0.2) is 18.9 Å². The fraction of sp³-hybridized carbons (Fsp3) is 0.750. The Labute approximate surface area is 86.8 Å². The minimum absolute atomic E-state index is 0.0852. The van der Waals surface area contributed by atoms with E-state index in [1.54, 1.807) is 0 Å². The van der Waals surface area contributed by atoms with Crippen molar-refractivity contribution in [3.63, 3.8) is 0 Å². The van der Waals surface area contributed by atoms with Gasteiger partial charge >= 0.3 is 0 Å². The Bertz CT molecular complexity index is 226. The average Bonchev–Trinajstić information content (AvgIpc) is 2.67. The van der Waals surface area contributed by atoms with E-state index in [1.807, 2.05) is 0 Å². The van der Waals surface area contributed by atoms with E-state index >= 15 is 0 Å². The van der Waals surface area contributed by atoms with Gasteiger partial charge in [-0.3, -0.25) is 4.79 Å². The van der Waals surface area contributed by atoms with Crippen molar-refractivity contribution >= 4 is 5.78 Å². The molecule has 1 N–H and O–H groups in total. The van der Waals surface area contributed by atoms with Gasteiger partial charge in [-0.05, 0) is 25.8 Å². The number of nitrogens with one attached hydrogen (secondary N) is 1. The average molecular weight is 195 g/mol. The first-order chi connectivity index (χ1) is 6.64. The lowest BCUT2D eigenvalue weighted by Crippen LogP contribution is -2.32. The van der Waals surface area contributed by atoms with Crippen LogP contribution in [0.2, 0.25) is 0 Å². The van der Waals surface area contributed by atoms with Crippen LogP contribution in [0.3, 0.4) is 0 Å². The van der Waals surface area contributed by atoms with Gasteiger partial charge in [0.05, 0.1) is 0 Å². The molecule has 0 spiro atoms. The van der Waals surface area contributed by atoms with Crippen LogP contribution in [0.4, 0.5) is 0 Å². The molecule has 1 rings (SSSR count). The number of Topliss-reactive ketones (excluding diaryl/α,β-unsaturated/α-hetero) is 1. The second kappa shape index (κ2) is 4.74. The fourth-order valence-corrected chi connectivity index (χ4v) is 2.02. The summed E-state index contributed by atoms with van der Waals surface area (Å²) in [6.07, 6.45) is 3.44. The summed E-state index contributed by atoms with van der Waals surface area (Å²) in [6.45, 7) is 9.92. The topological polar surface area (TPSA) is 29.1 Å². The first-order valence-corrected chi connectivity index (χ1v) is 5.55. The van der Waals surface area contributed by atoms with Crippen molar-refractivity contribution < 1.29 is 4.79 Å². The molecular formula is C12H21NO. The quantitative estimate of drug-likeness (QED) is 0.682. The van der Waals surface area contributed by atoms with E-state index < -0.39 is 0 Å². The zero-order chi connectivity index (χ0) is 10.6. The van der Waals surface area contributed by atoms with E-state index in [0.29, 0.717) is 12.2 Å². The van der Waals surface area contributed by atoms with Crippen molar-refractivity contribution in [3.8, 4) is 0 Å². The van der Waals surface area contributed by atoms with Crippen LogP contribution < -0.4 is 5.32 Å². The molecular weight excluding hydrogens is 174 g/mol. The largest absolute Gasteiger partial charge is 0.316 e. The van der Waals surface area contributed by atoms with E-state index in [0.717, 1.165) is 37.9 Å². The van der Waals surface area contributed by atoms with Crippen molar-refractivity contribution in [1.82, 2.24) is 5.32 Å². The molecule has 0 amide bonds. The smallest absolute Gasteiger partial charge is 0.144 e. The first-order valence-electron chi connectivity index (χ1n) is 5.55. The van der Waals surface area contributed by atoms with E-state index in [9.17, 15) is 4.79 Å². The molecule has 0 aromatic rings. The van der Waals surface area contributed by atoms with Crippen LogP contribution in [0.25, 0.3) is 0 Å². The maximum absolute atomic E-state index is 12.1. The molecule has 0 aromatic carbocycles. The zero-order valence-corrected chi connectivity index (χ0v) is 9.36. The number of ketones is 1. The van der Waals surface area contributed by atoms with Gasteiger partial charge in [-0.2, -0.15) is 0 Å². The molecule has 0 saturated carbocycles. The molecule has 0 aromatic heterocycles. The number of hydrogen-bond acceptors (Lipinski definition) is 2. The molecule has 0 aliphatic carbocycles. The SMILES string of the molecule is C=C(CC)CC(=O)C1(CC)CCNC1. The molecule has 1 heterocycles. The molecule has 80 valence electrons. The lowest BCUT2D eigenvalue weighted by atomic mass is 9.77. The Morgan fingerprint density at radius 3 is 2.64 bits per heavy atom. The summed E-state index contributed by atoms with van der Waals surface area (Å²) in [5.74, 6) is 0.386. The third-order valence-electron chi connectivity index (χ3n) is 3.42. The summed E-state index contributed by atoms with van der Waals surface area (Å²) in [5, 5.41) is 3.29. The van der Waals surface area contributed by atoms with E-state index in [2.05, 4.69) is 25.7 Å². The van der Waals surface area contributed by atoms with Crippen LogP contribution in [0, 0.1) is 5.41 Å². The molecule has 2 heteroatoms. The molecule has 0 radical (unpaired) electrons. The predicted molar refractivity (Wildman–Crippen MR) is 59.3 cm³/mol. The zero-order valence-electron chi connectivity index (χ0n) is 9.36. The second-order valence-corrected chi connectivity index (χ2v) is 4.26. The van der Waals surface area contributed by atoms with Gasteiger partial charge in [-0.1, -0.05) is 26.0 Å². The molecule has 0 bridgehead atoms. The van der Waals surface area contributed by atoms with Crippen LogP contribution >= 0.6 is 0 Å². The van der Waals surface area contributed by atoms with Gasteiger partial charge in [0, 0.05) is 18.4 Å². The van der Waals surface area contributed by atoms with Crippen LogP contribution in [0.15, 0.2) is 12.2 Å². The van der Waals surface area contributed by atoms with Gasteiger partial charge in [0.2, 0.25) is 0 Å². The Kier molecular flexibility index (Phi) is 3.87. The van der Waals surface area contributed by atoms with Crippen molar-refractivity contribution in [2.45, 2.75) is 39.5 Å². The summed E-state index contributed by atoms with van der Waals surface area (Å²) in [4.78, 5) is 12.1. The molecule has 1 unspecified atom stereocenters. The maximum Gasteiger partial charge on any atom is 0.144 e. The molecule has 1 atom stereocenters. The minimum atomic E-state index is -0.0852. The van der Waals surface area contributed by atoms with Gasteiger partial charge in [0.25, 0.3) is 0 Å². The maximum atomic E-state index is 12.1. The van der Waals surface area contributed by atoms with Crippen LogP contribution in [-0.2, 0) is 4.79 Å². The molecule has 14 heavy (non-hydrogen) atoms. The Hall–Kier alpha value is -0.630. The highest BCUT2D eigenvalue weighted by atomic mass is 16.1. The van der Waals surface area contributed by atoms with Gasteiger partial charge in [0.1, 0.15) is 5.78 Å². The van der Waals surface area contributed by atoms with Crippen molar-refractivity contribution in [2.24, 2.45) is 5.41 Å². The van der Waals surface area contributed by atoms with E-state index in [4.69, 9.17) is 0 Å². The normalized spacial score (nSPS) is 26.4. The summed E-state index contributed by atoms with van der Waals surface area (Å²) in [7, 11) is 0. The molecule has 1 aliphatic rings. The Balaban J connectivity index is 2.60. The summed E-state index contributed by atoms with van der Waals surface area (Å²) >= 11 is 0. The fourth-order valence-electron chi connectivity index (χ4n) is 2.02. The first kappa shape index (κ1) is 11.4. The number of carbonyl (C=O) groups excluding carboxylic acids is 1. The van der Waals surface area contributed by atoms with E-state index in [1.165, 1.54) is 0 Å². The van der Waals surface area contributed by atoms with Crippen molar-refractivity contribution in [1.29, 1.82) is 0 Å². The summed E-state index contributed by atoms with van der Waals surface area (Å²) in [5.41, 5.74) is 0.979. The van der Waals surface area contributed by atoms with Gasteiger partial charge < -0.3 is 5.32 Å². The minimum Gasteiger partial charge on any atom is -0.316 e. The monoisotopic (exact) mass is 195 g/mol. The number of allylic oxidation sites excluding steroid dienone is 1. The third-order valence-corrected chi connectivity index (χ3v) is 3.42. The van der Waals surface area contributed by atoms with Gasteiger partial charge in [0.15, 0.2) is 0 Å². The summed E-state index contributed by atoms with van der Waals surface area (Å²) < 4.78 is 0. The molecule has 1 saturated heterocycles. The van der Waals surface area contributed by atoms with Crippen LogP contribution in [0.1, 0.15) is 39.5 Å². The lowest BCUT2D eigenvalue weighted by molar-refractivity contribution is -0.127. The predicted octanol–water partition coefficient (Wildman–Crippen LogP) is 2.30. The number of hydrogen-bond donors (Lipinski definition) is 1.